The summed E-state index contributed by atoms with van der Waals surface area (Å²) in [7, 11) is 0. The van der Waals surface area contributed by atoms with Gasteiger partial charge < -0.3 is 10.4 Å². The lowest BCUT2D eigenvalue weighted by molar-refractivity contribution is 0.175. The van der Waals surface area contributed by atoms with Crippen LogP contribution in [0, 0.1) is 4.91 Å². The summed E-state index contributed by atoms with van der Waals surface area (Å²) in [6.07, 6.45) is 0.360. The fourth-order valence-corrected chi connectivity index (χ4v) is 1.99. The molecule has 1 unspecified atom stereocenters. The summed E-state index contributed by atoms with van der Waals surface area (Å²) < 4.78 is 0. The Hall–Kier alpha value is -2.04. The fraction of sp³-hybridized carbons (Fsp3) is 0.250. The Morgan fingerprint density at radius 1 is 1.05 bits per heavy atom. The number of nitrogens with one attached hydrogen (secondary N) is 1. The van der Waals surface area contributed by atoms with E-state index < -0.39 is 6.10 Å². The fourth-order valence-electron chi connectivity index (χ4n) is 1.99. The molecule has 0 saturated heterocycles. The van der Waals surface area contributed by atoms with Crippen molar-refractivity contribution in [2.45, 2.75) is 12.5 Å². The SMILES string of the molecule is O=Nc1ccc(CCNCC(O)c2ccccc2)cc1. The second-order valence-corrected chi connectivity index (χ2v) is 4.64. The molecule has 2 aromatic carbocycles. The van der Waals surface area contributed by atoms with E-state index in [1.807, 2.05) is 42.5 Å². The molecule has 0 bridgehead atoms. The van der Waals surface area contributed by atoms with E-state index in [1.165, 1.54) is 0 Å². The standard InChI is InChI=1S/C16H18N2O2/c19-16(14-4-2-1-3-5-14)12-17-11-10-13-6-8-15(18-20)9-7-13/h1-9,16-17,19H,10-12H2. The molecule has 0 aliphatic rings. The Balaban J connectivity index is 1.72. The molecule has 0 saturated carbocycles. The zero-order chi connectivity index (χ0) is 14.2. The van der Waals surface area contributed by atoms with Crippen LogP contribution in [0.5, 0.6) is 0 Å². The average molecular weight is 270 g/mol. The van der Waals surface area contributed by atoms with Crippen molar-refractivity contribution < 1.29 is 5.11 Å². The van der Waals surface area contributed by atoms with Gasteiger partial charge in [-0.15, -0.1) is 4.91 Å². The summed E-state index contributed by atoms with van der Waals surface area (Å²) in [5.74, 6) is 0. The third-order valence-corrected chi connectivity index (χ3v) is 3.15. The molecule has 2 N–H and O–H groups in total. The number of hydrogen-bond acceptors (Lipinski definition) is 4. The largest absolute Gasteiger partial charge is 0.387 e. The van der Waals surface area contributed by atoms with Crippen molar-refractivity contribution in [3.05, 3.63) is 70.6 Å². The summed E-state index contributed by atoms with van der Waals surface area (Å²) >= 11 is 0. The zero-order valence-corrected chi connectivity index (χ0v) is 11.2. The molecule has 1 atom stereocenters. The van der Waals surface area contributed by atoms with Crippen molar-refractivity contribution in [3.8, 4) is 0 Å². The average Bonchev–Trinajstić information content (AvgIpc) is 2.53. The smallest absolute Gasteiger partial charge is 0.108 e. The highest BCUT2D eigenvalue weighted by Gasteiger charge is 2.05. The van der Waals surface area contributed by atoms with Gasteiger partial charge in [0.1, 0.15) is 5.69 Å². The highest BCUT2D eigenvalue weighted by molar-refractivity contribution is 5.38. The van der Waals surface area contributed by atoms with E-state index in [0.717, 1.165) is 24.1 Å². The second-order valence-electron chi connectivity index (χ2n) is 4.64. The molecular formula is C16H18N2O2. The van der Waals surface area contributed by atoms with Gasteiger partial charge in [0, 0.05) is 6.54 Å². The van der Waals surface area contributed by atoms with Gasteiger partial charge in [-0.2, -0.15) is 0 Å². The molecule has 0 heterocycles. The molecule has 0 spiro atoms. The van der Waals surface area contributed by atoms with Crippen molar-refractivity contribution in [1.29, 1.82) is 0 Å². The van der Waals surface area contributed by atoms with E-state index in [9.17, 15) is 10.0 Å². The third kappa shape index (κ3) is 4.26. The first-order valence-corrected chi connectivity index (χ1v) is 6.65. The highest BCUT2D eigenvalue weighted by Crippen LogP contribution is 2.13. The van der Waals surface area contributed by atoms with Crippen molar-refractivity contribution in [3.63, 3.8) is 0 Å². The van der Waals surface area contributed by atoms with E-state index in [4.69, 9.17) is 0 Å². The van der Waals surface area contributed by atoms with Crippen LogP contribution in [0.2, 0.25) is 0 Å². The molecular weight excluding hydrogens is 252 g/mol. The summed E-state index contributed by atoms with van der Waals surface area (Å²) in [6.45, 7) is 1.30. The number of aliphatic hydroxyl groups excluding tert-OH is 1. The first-order chi connectivity index (χ1) is 9.79. The summed E-state index contributed by atoms with van der Waals surface area (Å²) in [4.78, 5) is 10.3. The number of aliphatic hydroxyl groups is 1. The zero-order valence-electron chi connectivity index (χ0n) is 11.2. The summed E-state index contributed by atoms with van der Waals surface area (Å²) in [5, 5.41) is 16.1. The lowest BCUT2D eigenvalue weighted by Gasteiger charge is -2.12. The molecule has 4 heteroatoms. The van der Waals surface area contributed by atoms with E-state index in [1.54, 1.807) is 12.1 Å². The van der Waals surface area contributed by atoms with Crippen molar-refractivity contribution >= 4 is 5.69 Å². The van der Waals surface area contributed by atoms with E-state index in [0.29, 0.717) is 12.2 Å². The maximum atomic E-state index is 10.3. The van der Waals surface area contributed by atoms with Crippen LogP contribution in [0.1, 0.15) is 17.2 Å². The lowest BCUT2D eigenvalue weighted by Crippen LogP contribution is -2.23. The van der Waals surface area contributed by atoms with Crippen LogP contribution in [-0.2, 0) is 6.42 Å². The maximum absolute atomic E-state index is 10.3. The molecule has 0 radical (unpaired) electrons. The minimum absolute atomic E-state index is 0.446. The Kier molecular flexibility index (Phi) is 5.41. The third-order valence-electron chi connectivity index (χ3n) is 3.15. The number of benzene rings is 2. The minimum atomic E-state index is -0.488. The predicted molar refractivity (Wildman–Crippen MR) is 79.9 cm³/mol. The van der Waals surface area contributed by atoms with Crippen LogP contribution >= 0.6 is 0 Å². The molecule has 0 aliphatic heterocycles. The van der Waals surface area contributed by atoms with Crippen LogP contribution in [0.25, 0.3) is 0 Å². The van der Waals surface area contributed by atoms with Gasteiger partial charge in [-0.3, -0.25) is 0 Å². The quantitative estimate of drug-likeness (QED) is 0.600. The van der Waals surface area contributed by atoms with Crippen LogP contribution < -0.4 is 5.32 Å². The van der Waals surface area contributed by atoms with Crippen LogP contribution in [0.15, 0.2) is 59.8 Å². The van der Waals surface area contributed by atoms with E-state index in [2.05, 4.69) is 10.5 Å². The Morgan fingerprint density at radius 2 is 1.75 bits per heavy atom. The molecule has 104 valence electrons. The van der Waals surface area contributed by atoms with Gasteiger partial charge in [0.25, 0.3) is 0 Å². The maximum Gasteiger partial charge on any atom is 0.108 e. The van der Waals surface area contributed by atoms with Gasteiger partial charge in [-0.25, -0.2) is 0 Å². The van der Waals surface area contributed by atoms with Crippen molar-refractivity contribution in [2.75, 3.05) is 13.1 Å². The normalized spacial score (nSPS) is 12.1. The molecule has 0 fully saturated rings. The number of nitrogens with zero attached hydrogens (tertiary/aromatic N) is 1. The van der Waals surface area contributed by atoms with Crippen LogP contribution in [0.4, 0.5) is 5.69 Å². The van der Waals surface area contributed by atoms with Gasteiger partial charge in [0.15, 0.2) is 0 Å². The topological polar surface area (TPSA) is 61.7 Å². The molecule has 0 amide bonds. The summed E-state index contributed by atoms with van der Waals surface area (Å²) in [5.41, 5.74) is 2.50. The Labute approximate surface area is 118 Å². The van der Waals surface area contributed by atoms with Gasteiger partial charge in [0.05, 0.1) is 6.10 Å². The van der Waals surface area contributed by atoms with Crippen molar-refractivity contribution in [2.24, 2.45) is 5.18 Å². The number of nitroso groups, excluding NO2 is 1. The minimum Gasteiger partial charge on any atom is -0.387 e. The van der Waals surface area contributed by atoms with Crippen molar-refractivity contribution in [1.82, 2.24) is 5.32 Å². The lowest BCUT2D eigenvalue weighted by atomic mass is 10.1. The van der Waals surface area contributed by atoms with Gasteiger partial charge in [-0.1, -0.05) is 42.5 Å². The van der Waals surface area contributed by atoms with Gasteiger partial charge >= 0.3 is 0 Å². The van der Waals surface area contributed by atoms with Gasteiger partial charge in [0.2, 0.25) is 0 Å². The Bertz CT molecular complexity index is 526. The molecule has 0 aromatic heterocycles. The summed E-state index contributed by atoms with van der Waals surface area (Å²) in [6, 6.07) is 16.8. The molecule has 20 heavy (non-hydrogen) atoms. The monoisotopic (exact) mass is 270 g/mol. The van der Waals surface area contributed by atoms with E-state index in [-0.39, 0.29) is 0 Å². The highest BCUT2D eigenvalue weighted by atomic mass is 16.3. The molecule has 0 aliphatic carbocycles. The second kappa shape index (κ2) is 7.53. The van der Waals surface area contributed by atoms with Crippen LogP contribution in [0.3, 0.4) is 0 Å². The molecule has 4 nitrogen and oxygen atoms in total. The van der Waals surface area contributed by atoms with E-state index >= 15 is 0 Å². The Morgan fingerprint density at radius 3 is 2.40 bits per heavy atom. The predicted octanol–water partition coefficient (Wildman–Crippen LogP) is 2.95. The van der Waals surface area contributed by atoms with Crippen LogP contribution in [-0.4, -0.2) is 18.2 Å². The first-order valence-electron chi connectivity index (χ1n) is 6.65. The number of hydrogen-bond donors (Lipinski definition) is 2. The molecule has 2 rings (SSSR count). The van der Waals surface area contributed by atoms with Gasteiger partial charge in [-0.05, 0) is 41.4 Å². The molecule has 2 aromatic rings. The number of rotatable bonds is 7. The first kappa shape index (κ1) is 14.4.